The van der Waals surface area contributed by atoms with Crippen molar-refractivity contribution in [3.8, 4) is 11.5 Å². The van der Waals surface area contributed by atoms with Gasteiger partial charge in [-0.15, -0.1) is 0 Å². The number of ketones is 1. The van der Waals surface area contributed by atoms with Crippen molar-refractivity contribution >= 4 is 11.8 Å². The zero-order chi connectivity index (χ0) is 20.6. The standard InChI is InChI=1S/C21H25NO6/c1-21(2)9-13(23)17-15(10-21)28-19(22)18(20(24)27-5)16(17)12-7-6-11(25-3)8-14(12)26-4/h6-8,16H,9-10,22H2,1-5H3/t16-/m0/s1. The summed E-state index contributed by atoms with van der Waals surface area (Å²) in [7, 11) is 4.33. The van der Waals surface area contributed by atoms with E-state index in [0.29, 0.717) is 41.2 Å². The Morgan fingerprint density at radius 1 is 1.18 bits per heavy atom. The molecule has 1 heterocycles. The monoisotopic (exact) mass is 387 g/mol. The van der Waals surface area contributed by atoms with Crippen LogP contribution >= 0.6 is 0 Å². The average molecular weight is 387 g/mol. The molecule has 0 spiro atoms. The summed E-state index contributed by atoms with van der Waals surface area (Å²) in [5.74, 6) is 0.0425. The van der Waals surface area contributed by atoms with E-state index in [1.54, 1.807) is 25.3 Å². The number of esters is 1. The van der Waals surface area contributed by atoms with Gasteiger partial charge < -0.3 is 24.7 Å². The van der Waals surface area contributed by atoms with E-state index in [1.807, 2.05) is 13.8 Å². The number of benzene rings is 1. The maximum absolute atomic E-state index is 13.1. The second-order valence-corrected chi connectivity index (χ2v) is 7.69. The third-order valence-corrected chi connectivity index (χ3v) is 5.11. The van der Waals surface area contributed by atoms with Crippen molar-refractivity contribution in [3.63, 3.8) is 0 Å². The second-order valence-electron chi connectivity index (χ2n) is 7.69. The number of rotatable bonds is 4. The van der Waals surface area contributed by atoms with Gasteiger partial charge in [-0.3, -0.25) is 4.79 Å². The summed E-state index contributed by atoms with van der Waals surface area (Å²) in [6, 6.07) is 5.21. The fourth-order valence-electron chi connectivity index (χ4n) is 3.86. The molecule has 0 aromatic heterocycles. The molecule has 0 bridgehead atoms. The van der Waals surface area contributed by atoms with Gasteiger partial charge in [0.2, 0.25) is 5.88 Å². The van der Waals surface area contributed by atoms with Crippen LogP contribution in [0.1, 0.15) is 38.2 Å². The summed E-state index contributed by atoms with van der Waals surface area (Å²) in [6.07, 6.45) is 0.886. The van der Waals surface area contributed by atoms with Crippen molar-refractivity contribution in [3.05, 3.63) is 46.6 Å². The molecule has 0 amide bonds. The minimum atomic E-state index is -0.736. The predicted molar refractivity (Wildman–Crippen MR) is 102 cm³/mol. The average Bonchev–Trinajstić information content (AvgIpc) is 2.64. The van der Waals surface area contributed by atoms with E-state index in [9.17, 15) is 9.59 Å². The molecule has 3 rings (SSSR count). The van der Waals surface area contributed by atoms with E-state index in [0.717, 1.165) is 0 Å². The Bertz CT molecular complexity index is 896. The van der Waals surface area contributed by atoms with Crippen LogP contribution in [0.15, 0.2) is 41.0 Å². The van der Waals surface area contributed by atoms with Gasteiger partial charge in [0.25, 0.3) is 0 Å². The zero-order valence-electron chi connectivity index (χ0n) is 16.8. The highest BCUT2D eigenvalue weighted by Crippen LogP contribution is 2.50. The van der Waals surface area contributed by atoms with Gasteiger partial charge in [-0.1, -0.05) is 19.9 Å². The summed E-state index contributed by atoms with van der Waals surface area (Å²) in [5, 5.41) is 0. The zero-order valence-corrected chi connectivity index (χ0v) is 16.8. The molecule has 2 N–H and O–H groups in total. The van der Waals surface area contributed by atoms with Crippen LogP contribution < -0.4 is 15.2 Å². The highest BCUT2D eigenvalue weighted by atomic mass is 16.5. The van der Waals surface area contributed by atoms with Gasteiger partial charge in [-0.2, -0.15) is 0 Å². The van der Waals surface area contributed by atoms with Crippen molar-refractivity contribution in [1.29, 1.82) is 0 Å². The molecule has 28 heavy (non-hydrogen) atoms. The Labute approximate surface area is 164 Å². The molecular weight excluding hydrogens is 362 g/mol. The predicted octanol–water partition coefficient (Wildman–Crippen LogP) is 2.80. The Hall–Kier alpha value is -2.96. The van der Waals surface area contributed by atoms with E-state index in [-0.39, 0.29) is 22.7 Å². The van der Waals surface area contributed by atoms with E-state index in [2.05, 4.69) is 0 Å². The SMILES string of the molecule is COC(=O)C1=C(N)OC2=C(C(=O)CC(C)(C)C2)[C@@H]1c1ccc(OC)cc1OC. The second kappa shape index (κ2) is 7.22. The van der Waals surface area contributed by atoms with Crippen LogP contribution in [0.5, 0.6) is 11.5 Å². The third-order valence-electron chi connectivity index (χ3n) is 5.11. The summed E-state index contributed by atoms with van der Waals surface area (Å²) >= 11 is 0. The number of hydrogen-bond donors (Lipinski definition) is 1. The molecule has 0 radical (unpaired) electrons. The first kappa shape index (κ1) is 19.8. The number of methoxy groups -OCH3 is 3. The lowest BCUT2D eigenvalue weighted by molar-refractivity contribution is -0.136. The van der Waals surface area contributed by atoms with E-state index >= 15 is 0 Å². The smallest absolute Gasteiger partial charge is 0.340 e. The molecule has 2 aliphatic rings. The highest BCUT2D eigenvalue weighted by molar-refractivity contribution is 6.03. The molecule has 0 saturated heterocycles. The van der Waals surface area contributed by atoms with E-state index in [1.165, 1.54) is 14.2 Å². The third kappa shape index (κ3) is 3.32. The molecule has 7 nitrogen and oxygen atoms in total. The normalized spacial score (nSPS) is 21.0. The molecule has 1 aromatic carbocycles. The lowest BCUT2D eigenvalue weighted by atomic mass is 9.70. The first-order valence-corrected chi connectivity index (χ1v) is 8.96. The lowest BCUT2D eigenvalue weighted by Crippen LogP contribution is -2.35. The van der Waals surface area contributed by atoms with Gasteiger partial charge in [0.05, 0.1) is 27.2 Å². The lowest BCUT2D eigenvalue weighted by Gasteiger charge is -2.38. The molecule has 0 fully saturated rings. The molecule has 0 unspecified atom stereocenters. The quantitative estimate of drug-likeness (QED) is 0.794. The maximum atomic E-state index is 13.1. The Morgan fingerprint density at radius 3 is 2.50 bits per heavy atom. The summed E-state index contributed by atoms with van der Waals surface area (Å²) in [6.45, 7) is 3.99. The van der Waals surface area contributed by atoms with Crippen molar-refractivity contribution in [1.82, 2.24) is 0 Å². The van der Waals surface area contributed by atoms with Crippen LogP contribution in [0.4, 0.5) is 0 Å². The Balaban J connectivity index is 2.25. The minimum Gasteiger partial charge on any atom is -0.497 e. The molecule has 1 aliphatic heterocycles. The first-order chi connectivity index (χ1) is 13.2. The van der Waals surface area contributed by atoms with Crippen LogP contribution in [0.2, 0.25) is 0 Å². The van der Waals surface area contributed by atoms with Gasteiger partial charge in [0.1, 0.15) is 22.8 Å². The fourth-order valence-corrected chi connectivity index (χ4v) is 3.86. The van der Waals surface area contributed by atoms with E-state index in [4.69, 9.17) is 24.7 Å². The molecular formula is C21H25NO6. The van der Waals surface area contributed by atoms with E-state index < -0.39 is 11.9 Å². The summed E-state index contributed by atoms with van der Waals surface area (Å²) in [5.41, 5.74) is 7.01. The van der Waals surface area contributed by atoms with Crippen molar-refractivity contribution in [2.24, 2.45) is 11.1 Å². The summed E-state index contributed by atoms with van der Waals surface area (Å²) in [4.78, 5) is 25.6. The number of allylic oxidation sites excluding steroid dienone is 2. The number of nitrogens with two attached hydrogens (primary N) is 1. The molecule has 0 saturated carbocycles. The first-order valence-electron chi connectivity index (χ1n) is 8.96. The Kier molecular flexibility index (Phi) is 5.10. The van der Waals surface area contributed by atoms with Crippen LogP contribution in [0, 0.1) is 5.41 Å². The number of Topliss-reactive ketones (excluding diaryl/α,β-unsaturated/α-hetero) is 1. The molecule has 1 atom stereocenters. The maximum Gasteiger partial charge on any atom is 0.340 e. The van der Waals surface area contributed by atoms with Gasteiger partial charge in [-0.05, 0) is 11.5 Å². The fraction of sp³-hybridized carbons (Fsp3) is 0.429. The van der Waals surface area contributed by atoms with Gasteiger partial charge >= 0.3 is 5.97 Å². The van der Waals surface area contributed by atoms with Crippen molar-refractivity contribution in [2.75, 3.05) is 21.3 Å². The number of ether oxygens (including phenoxy) is 4. The molecule has 1 aliphatic carbocycles. The van der Waals surface area contributed by atoms with Gasteiger partial charge in [0, 0.05) is 30.0 Å². The topological polar surface area (TPSA) is 97.1 Å². The van der Waals surface area contributed by atoms with Crippen LogP contribution in [-0.4, -0.2) is 33.1 Å². The van der Waals surface area contributed by atoms with Crippen molar-refractivity contribution in [2.45, 2.75) is 32.6 Å². The Morgan fingerprint density at radius 2 is 1.89 bits per heavy atom. The van der Waals surface area contributed by atoms with Gasteiger partial charge in [0.15, 0.2) is 5.78 Å². The number of carbonyl (C=O) groups is 2. The van der Waals surface area contributed by atoms with Crippen LogP contribution in [0.25, 0.3) is 0 Å². The molecule has 1 aromatic rings. The summed E-state index contributed by atoms with van der Waals surface area (Å²) < 4.78 is 21.5. The van der Waals surface area contributed by atoms with Gasteiger partial charge in [-0.25, -0.2) is 4.79 Å². The highest BCUT2D eigenvalue weighted by Gasteiger charge is 2.45. The molecule has 7 heteroatoms. The minimum absolute atomic E-state index is 0.0565. The number of carbonyl (C=O) groups excluding carboxylic acids is 2. The largest absolute Gasteiger partial charge is 0.497 e. The van der Waals surface area contributed by atoms with Crippen LogP contribution in [0.3, 0.4) is 0 Å². The number of hydrogen-bond acceptors (Lipinski definition) is 7. The van der Waals surface area contributed by atoms with Crippen LogP contribution in [-0.2, 0) is 19.1 Å². The van der Waals surface area contributed by atoms with Crippen molar-refractivity contribution < 1.29 is 28.5 Å². The molecule has 150 valence electrons.